The first-order chi connectivity index (χ1) is 17.9. The van der Waals surface area contributed by atoms with E-state index in [1.54, 1.807) is 0 Å². The van der Waals surface area contributed by atoms with E-state index in [-0.39, 0.29) is 24.5 Å². The number of esters is 1. The zero-order valence-electron chi connectivity index (χ0n) is 20.9. The van der Waals surface area contributed by atoms with Gasteiger partial charge in [0.05, 0.1) is 24.7 Å². The van der Waals surface area contributed by atoms with Crippen LogP contribution < -0.4 is 5.32 Å². The third-order valence-corrected chi connectivity index (χ3v) is 6.78. The molecule has 0 aromatic heterocycles. The second kappa shape index (κ2) is 12.6. The highest BCUT2D eigenvalue weighted by Gasteiger charge is 2.37. The lowest BCUT2D eigenvalue weighted by Gasteiger charge is -2.33. The summed E-state index contributed by atoms with van der Waals surface area (Å²) in [5, 5.41) is 2.40. The minimum atomic E-state index is -4.98. The maximum absolute atomic E-state index is 13.1. The number of nitrogens with zero attached hydrogens (tertiary/aromatic N) is 1. The van der Waals surface area contributed by atoms with Gasteiger partial charge in [-0.25, -0.2) is 0 Å². The fourth-order valence-corrected chi connectivity index (χ4v) is 4.62. The Hall–Kier alpha value is -3.08. The fraction of sp³-hybridized carbons (Fsp3) is 0.481. The predicted molar refractivity (Wildman–Crippen MR) is 128 cm³/mol. The maximum Gasteiger partial charge on any atom is 0.416 e. The van der Waals surface area contributed by atoms with Crippen LogP contribution in [0.15, 0.2) is 48.5 Å². The molecule has 0 bridgehead atoms. The predicted octanol–water partition coefficient (Wildman–Crippen LogP) is 5.79. The number of carbonyl (C=O) groups excluding carboxylic acids is 2. The minimum Gasteiger partial charge on any atom is -0.469 e. The molecular weight excluding hydrogens is 514 g/mol. The maximum atomic E-state index is 13.1. The van der Waals surface area contributed by atoms with E-state index in [0.717, 1.165) is 25.9 Å². The molecule has 1 aliphatic heterocycles. The van der Waals surface area contributed by atoms with Crippen molar-refractivity contribution >= 4 is 11.9 Å². The summed E-state index contributed by atoms with van der Waals surface area (Å²) >= 11 is 0. The number of benzene rings is 2. The van der Waals surface area contributed by atoms with E-state index in [2.05, 4.69) is 27.1 Å². The van der Waals surface area contributed by atoms with E-state index >= 15 is 0 Å². The second-order valence-electron chi connectivity index (χ2n) is 9.42. The Morgan fingerprint density at radius 1 is 0.974 bits per heavy atom. The fourth-order valence-electron chi connectivity index (χ4n) is 4.62. The summed E-state index contributed by atoms with van der Waals surface area (Å²) in [6.07, 6.45) is -8.06. The molecule has 2 aromatic rings. The van der Waals surface area contributed by atoms with Crippen LogP contribution in [0.5, 0.6) is 0 Å². The van der Waals surface area contributed by atoms with Crippen LogP contribution in [-0.2, 0) is 33.2 Å². The van der Waals surface area contributed by atoms with Crippen molar-refractivity contribution in [3.63, 3.8) is 0 Å². The normalized spacial score (nSPS) is 16.2. The highest BCUT2D eigenvalue weighted by molar-refractivity contribution is 5.83. The smallest absolute Gasteiger partial charge is 0.416 e. The Bertz CT molecular complexity index is 1050. The van der Waals surface area contributed by atoms with Crippen LogP contribution in [0.25, 0.3) is 0 Å². The standard InChI is InChI=1S/C27H30F6N2O3/c1-38-24(36)15-21(9-12-35-10-7-20(8-11-35)19-5-3-2-4-6-19)25(37)34-17-18-13-22(26(28,29)30)16-23(14-18)27(31,32)33/h2-6,13-14,16,20-21H,7-12,15,17H2,1H3,(H,34,37)/t21-/m1/s1. The Labute approximate surface area is 217 Å². The van der Waals surface area contributed by atoms with Crippen molar-refractivity contribution in [1.29, 1.82) is 0 Å². The Balaban J connectivity index is 1.62. The van der Waals surface area contributed by atoms with E-state index in [4.69, 9.17) is 0 Å². The number of amides is 1. The number of hydrogen-bond donors (Lipinski definition) is 1. The molecule has 1 amide bonds. The zero-order chi connectivity index (χ0) is 27.9. The summed E-state index contributed by atoms with van der Waals surface area (Å²) in [6, 6.07) is 11.3. The van der Waals surface area contributed by atoms with Crippen LogP contribution in [0, 0.1) is 5.92 Å². The average Bonchev–Trinajstić information content (AvgIpc) is 2.89. The van der Waals surface area contributed by atoms with Gasteiger partial charge in [-0.2, -0.15) is 26.3 Å². The number of carbonyl (C=O) groups is 2. The Kier molecular flexibility index (Phi) is 9.81. The zero-order valence-corrected chi connectivity index (χ0v) is 20.9. The van der Waals surface area contributed by atoms with Crippen LogP contribution in [-0.4, -0.2) is 43.5 Å². The molecule has 0 radical (unpaired) electrons. The van der Waals surface area contributed by atoms with Gasteiger partial charge in [-0.15, -0.1) is 0 Å². The number of halogens is 6. The molecule has 3 rings (SSSR count). The van der Waals surface area contributed by atoms with E-state index in [1.165, 1.54) is 12.7 Å². The molecule has 0 aliphatic carbocycles. The first-order valence-corrected chi connectivity index (χ1v) is 12.3. The number of hydrogen-bond acceptors (Lipinski definition) is 4. The third kappa shape index (κ3) is 8.47. The van der Waals surface area contributed by atoms with Gasteiger partial charge in [0.15, 0.2) is 0 Å². The summed E-state index contributed by atoms with van der Waals surface area (Å²) in [4.78, 5) is 26.9. The summed E-state index contributed by atoms with van der Waals surface area (Å²) in [5.41, 5.74) is -1.98. The van der Waals surface area contributed by atoms with Crippen molar-refractivity contribution in [3.8, 4) is 0 Å². The molecule has 5 nitrogen and oxygen atoms in total. The van der Waals surface area contributed by atoms with Gasteiger partial charge in [-0.3, -0.25) is 9.59 Å². The molecule has 208 valence electrons. The van der Waals surface area contributed by atoms with E-state index in [0.29, 0.717) is 24.6 Å². The molecule has 11 heteroatoms. The number of alkyl halides is 6. The van der Waals surface area contributed by atoms with Crippen molar-refractivity contribution in [1.82, 2.24) is 10.2 Å². The molecule has 2 aromatic carbocycles. The van der Waals surface area contributed by atoms with Gasteiger partial charge < -0.3 is 15.0 Å². The van der Waals surface area contributed by atoms with Crippen LogP contribution in [0.1, 0.15) is 53.9 Å². The molecule has 0 saturated carbocycles. The topological polar surface area (TPSA) is 58.6 Å². The molecule has 1 heterocycles. The summed E-state index contributed by atoms with van der Waals surface area (Å²) < 4.78 is 83.5. The lowest BCUT2D eigenvalue weighted by Crippen LogP contribution is -2.38. The molecule has 1 fully saturated rings. The summed E-state index contributed by atoms with van der Waals surface area (Å²) in [6.45, 7) is 1.57. The molecule has 38 heavy (non-hydrogen) atoms. The average molecular weight is 545 g/mol. The van der Waals surface area contributed by atoms with Crippen LogP contribution >= 0.6 is 0 Å². The molecule has 1 saturated heterocycles. The number of likely N-dealkylation sites (tertiary alicyclic amines) is 1. The van der Waals surface area contributed by atoms with Crippen molar-refractivity contribution in [2.24, 2.45) is 5.92 Å². The number of rotatable bonds is 9. The second-order valence-corrected chi connectivity index (χ2v) is 9.42. The van der Waals surface area contributed by atoms with Gasteiger partial charge in [0.2, 0.25) is 5.91 Å². The highest BCUT2D eigenvalue weighted by Crippen LogP contribution is 2.36. The molecule has 1 atom stereocenters. The van der Waals surface area contributed by atoms with E-state index in [1.807, 2.05) is 18.2 Å². The van der Waals surface area contributed by atoms with Crippen molar-refractivity contribution in [3.05, 3.63) is 70.8 Å². The van der Waals surface area contributed by atoms with Gasteiger partial charge in [-0.1, -0.05) is 30.3 Å². The van der Waals surface area contributed by atoms with Crippen LogP contribution in [0.4, 0.5) is 26.3 Å². The third-order valence-electron chi connectivity index (χ3n) is 6.78. The van der Waals surface area contributed by atoms with Gasteiger partial charge in [0, 0.05) is 12.5 Å². The van der Waals surface area contributed by atoms with E-state index in [9.17, 15) is 35.9 Å². The number of nitrogens with one attached hydrogen (secondary N) is 1. The first kappa shape index (κ1) is 29.5. The SMILES string of the molecule is COC(=O)C[C@@H](CCN1CCC(c2ccccc2)CC1)C(=O)NCc1cc(C(F)(F)F)cc(C(F)(F)F)c1. The monoisotopic (exact) mass is 544 g/mol. The lowest BCUT2D eigenvalue weighted by molar-refractivity contribution is -0.145. The Morgan fingerprint density at radius 2 is 1.55 bits per heavy atom. The largest absolute Gasteiger partial charge is 0.469 e. The minimum absolute atomic E-state index is 0.0341. The highest BCUT2D eigenvalue weighted by atomic mass is 19.4. The molecule has 0 unspecified atom stereocenters. The van der Waals surface area contributed by atoms with Crippen molar-refractivity contribution < 1.29 is 40.7 Å². The summed E-state index contributed by atoms with van der Waals surface area (Å²) in [7, 11) is 1.17. The van der Waals surface area contributed by atoms with Crippen LogP contribution in [0.2, 0.25) is 0 Å². The van der Waals surface area contributed by atoms with Crippen molar-refractivity contribution in [2.75, 3.05) is 26.7 Å². The van der Waals surface area contributed by atoms with Gasteiger partial charge in [-0.05, 0) is 74.1 Å². The first-order valence-electron chi connectivity index (χ1n) is 12.3. The quantitative estimate of drug-likeness (QED) is 0.321. The van der Waals surface area contributed by atoms with Gasteiger partial charge >= 0.3 is 18.3 Å². The number of ether oxygens (including phenoxy) is 1. The molecular formula is C27H30F6N2O3. The molecule has 1 N–H and O–H groups in total. The summed E-state index contributed by atoms with van der Waals surface area (Å²) in [5.74, 6) is -1.68. The van der Waals surface area contributed by atoms with Crippen molar-refractivity contribution in [2.45, 2.75) is 50.5 Å². The van der Waals surface area contributed by atoms with Gasteiger partial charge in [0.1, 0.15) is 0 Å². The van der Waals surface area contributed by atoms with Crippen LogP contribution in [0.3, 0.4) is 0 Å². The Morgan fingerprint density at radius 3 is 2.08 bits per heavy atom. The molecule has 0 spiro atoms. The molecule has 1 aliphatic rings. The number of piperidine rings is 1. The number of methoxy groups -OCH3 is 1. The van der Waals surface area contributed by atoms with Gasteiger partial charge in [0.25, 0.3) is 0 Å². The van der Waals surface area contributed by atoms with E-state index < -0.39 is 47.8 Å². The lowest BCUT2D eigenvalue weighted by atomic mass is 9.89.